The first-order valence-electron chi connectivity index (χ1n) is 8.10. The fourth-order valence-corrected chi connectivity index (χ4v) is 2.18. The number of carbonyl (C=O) groups is 3. The topological polar surface area (TPSA) is 78.9 Å². The van der Waals surface area contributed by atoms with E-state index in [0.29, 0.717) is 11.3 Å². The van der Waals surface area contributed by atoms with E-state index in [1.54, 1.807) is 50.2 Å². The zero-order chi connectivity index (χ0) is 19.1. The Morgan fingerprint density at radius 3 is 1.92 bits per heavy atom. The van der Waals surface area contributed by atoms with E-state index >= 15 is 0 Å². The van der Waals surface area contributed by atoms with Crippen LogP contribution in [0.4, 0.5) is 0 Å². The molecule has 0 aliphatic carbocycles. The summed E-state index contributed by atoms with van der Waals surface area (Å²) in [5.41, 5.74) is 2.12. The van der Waals surface area contributed by atoms with Gasteiger partial charge in [-0.05, 0) is 49.2 Å². The maximum atomic E-state index is 12.0. The van der Waals surface area contributed by atoms with Crippen LogP contribution in [0.5, 0.6) is 5.75 Å². The summed E-state index contributed by atoms with van der Waals surface area (Å²) in [6, 6.07) is 13.8. The van der Waals surface area contributed by atoms with E-state index in [2.05, 4.69) is 0 Å². The van der Waals surface area contributed by atoms with Crippen LogP contribution in [0.15, 0.2) is 48.5 Å². The van der Waals surface area contributed by atoms with Gasteiger partial charge in [-0.25, -0.2) is 9.59 Å². The zero-order valence-corrected chi connectivity index (χ0v) is 14.9. The highest BCUT2D eigenvalue weighted by Crippen LogP contribution is 2.23. The van der Waals surface area contributed by atoms with Crippen LogP contribution in [0.3, 0.4) is 0 Å². The standard InChI is InChI=1S/C20H20O6/c1-13(2)25-19(22)12-24-20(23)17-6-4-15(5-7-17)16-8-10-18(11-9-16)26-14(3)21/h4-11,13H,12H2,1-3H3. The van der Waals surface area contributed by atoms with Crippen LogP contribution in [0.1, 0.15) is 31.1 Å². The number of hydrogen-bond acceptors (Lipinski definition) is 6. The molecule has 6 nitrogen and oxygen atoms in total. The fraction of sp³-hybridized carbons (Fsp3) is 0.250. The fourth-order valence-electron chi connectivity index (χ4n) is 2.18. The van der Waals surface area contributed by atoms with Crippen molar-refractivity contribution in [2.75, 3.05) is 6.61 Å². The van der Waals surface area contributed by atoms with Gasteiger partial charge in [0.2, 0.25) is 0 Å². The van der Waals surface area contributed by atoms with Gasteiger partial charge in [-0.15, -0.1) is 0 Å². The summed E-state index contributed by atoms with van der Waals surface area (Å²) in [6.45, 7) is 4.36. The maximum Gasteiger partial charge on any atom is 0.344 e. The average molecular weight is 356 g/mol. The Morgan fingerprint density at radius 1 is 0.885 bits per heavy atom. The van der Waals surface area contributed by atoms with Gasteiger partial charge in [-0.2, -0.15) is 0 Å². The Morgan fingerprint density at radius 2 is 1.42 bits per heavy atom. The van der Waals surface area contributed by atoms with Crippen molar-refractivity contribution in [3.8, 4) is 16.9 Å². The first-order chi connectivity index (χ1) is 12.3. The first kappa shape index (κ1) is 19.2. The Kier molecular flexibility index (Phi) is 6.49. The summed E-state index contributed by atoms with van der Waals surface area (Å²) in [6.07, 6.45) is -0.257. The van der Waals surface area contributed by atoms with Gasteiger partial charge in [0.25, 0.3) is 0 Å². The lowest BCUT2D eigenvalue weighted by Crippen LogP contribution is -2.19. The smallest absolute Gasteiger partial charge is 0.344 e. The molecule has 2 aromatic rings. The predicted molar refractivity (Wildman–Crippen MR) is 94.7 cm³/mol. The summed E-state index contributed by atoms with van der Waals surface area (Å²) in [5, 5.41) is 0. The summed E-state index contributed by atoms with van der Waals surface area (Å²) < 4.78 is 14.8. The molecule has 0 N–H and O–H groups in total. The van der Waals surface area contributed by atoms with Gasteiger partial charge in [0.15, 0.2) is 6.61 Å². The predicted octanol–water partition coefficient (Wildman–Crippen LogP) is 3.39. The second kappa shape index (κ2) is 8.80. The molecule has 26 heavy (non-hydrogen) atoms. The van der Waals surface area contributed by atoms with Crippen LogP contribution < -0.4 is 4.74 Å². The SMILES string of the molecule is CC(=O)Oc1ccc(-c2ccc(C(=O)OCC(=O)OC(C)C)cc2)cc1. The molecule has 0 aromatic heterocycles. The lowest BCUT2D eigenvalue weighted by atomic mass is 10.0. The average Bonchev–Trinajstić information content (AvgIpc) is 2.59. The Labute approximate surface area is 151 Å². The minimum absolute atomic E-state index is 0.257. The third-order valence-electron chi connectivity index (χ3n) is 3.26. The van der Waals surface area contributed by atoms with Gasteiger partial charge in [-0.1, -0.05) is 24.3 Å². The van der Waals surface area contributed by atoms with Crippen LogP contribution in [0, 0.1) is 0 Å². The van der Waals surface area contributed by atoms with E-state index in [9.17, 15) is 14.4 Å². The number of carbonyl (C=O) groups excluding carboxylic acids is 3. The Bertz CT molecular complexity index is 775. The summed E-state index contributed by atoms with van der Waals surface area (Å²) >= 11 is 0. The Hall–Kier alpha value is -3.15. The first-order valence-corrected chi connectivity index (χ1v) is 8.10. The number of hydrogen-bond donors (Lipinski definition) is 0. The molecule has 0 spiro atoms. The van der Waals surface area contributed by atoms with Crippen molar-refractivity contribution in [1.29, 1.82) is 0 Å². The van der Waals surface area contributed by atoms with Crippen LogP contribution >= 0.6 is 0 Å². The van der Waals surface area contributed by atoms with Gasteiger partial charge in [0.05, 0.1) is 11.7 Å². The summed E-state index contributed by atoms with van der Waals surface area (Å²) in [4.78, 5) is 34.3. The highest BCUT2D eigenvalue weighted by Gasteiger charge is 2.12. The van der Waals surface area contributed by atoms with E-state index in [4.69, 9.17) is 14.2 Å². The normalized spacial score (nSPS) is 10.3. The van der Waals surface area contributed by atoms with Crippen molar-refractivity contribution in [2.45, 2.75) is 26.9 Å². The zero-order valence-electron chi connectivity index (χ0n) is 14.9. The van der Waals surface area contributed by atoms with Crippen molar-refractivity contribution in [3.05, 3.63) is 54.1 Å². The third kappa shape index (κ3) is 5.73. The molecule has 0 bridgehead atoms. The largest absolute Gasteiger partial charge is 0.460 e. The van der Waals surface area contributed by atoms with Crippen molar-refractivity contribution in [1.82, 2.24) is 0 Å². The van der Waals surface area contributed by atoms with Crippen LogP contribution in [0.2, 0.25) is 0 Å². The molecular formula is C20H20O6. The second-order valence-electron chi connectivity index (χ2n) is 5.81. The second-order valence-corrected chi connectivity index (χ2v) is 5.81. The van der Waals surface area contributed by atoms with Crippen LogP contribution in [-0.4, -0.2) is 30.6 Å². The molecule has 0 aliphatic rings. The maximum absolute atomic E-state index is 12.0. The van der Waals surface area contributed by atoms with Crippen molar-refractivity contribution >= 4 is 17.9 Å². The monoisotopic (exact) mass is 356 g/mol. The molecule has 0 fully saturated rings. The molecule has 2 aromatic carbocycles. The molecule has 0 radical (unpaired) electrons. The highest BCUT2D eigenvalue weighted by atomic mass is 16.6. The van der Waals surface area contributed by atoms with E-state index in [-0.39, 0.29) is 12.1 Å². The Balaban J connectivity index is 1.98. The van der Waals surface area contributed by atoms with Gasteiger partial charge in [0.1, 0.15) is 5.75 Å². The molecular weight excluding hydrogens is 336 g/mol. The molecule has 0 aliphatic heterocycles. The van der Waals surface area contributed by atoms with E-state index < -0.39 is 18.5 Å². The molecule has 2 rings (SSSR count). The van der Waals surface area contributed by atoms with Crippen molar-refractivity contribution in [2.24, 2.45) is 0 Å². The van der Waals surface area contributed by atoms with Crippen molar-refractivity contribution < 1.29 is 28.6 Å². The van der Waals surface area contributed by atoms with Gasteiger partial charge in [-0.3, -0.25) is 4.79 Å². The molecule has 0 unspecified atom stereocenters. The van der Waals surface area contributed by atoms with Gasteiger partial charge < -0.3 is 14.2 Å². The number of esters is 3. The highest BCUT2D eigenvalue weighted by molar-refractivity contribution is 5.91. The lowest BCUT2D eigenvalue weighted by Gasteiger charge is -2.09. The van der Waals surface area contributed by atoms with E-state index in [1.165, 1.54) is 6.92 Å². The molecule has 6 heteroatoms. The molecule has 0 atom stereocenters. The van der Waals surface area contributed by atoms with Crippen LogP contribution in [0.25, 0.3) is 11.1 Å². The number of rotatable bonds is 6. The minimum atomic E-state index is -0.595. The summed E-state index contributed by atoms with van der Waals surface area (Å²) in [7, 11) is 0. The number of benzene rings is 2. The number of ether oxygens (including phenoxy) is 3. The van der Waals surface area contributed by atoms with Gasteiger partial charge >= 0.3 is 17.9 Å². The van der Waals surface area contributed by atoms with Crippen LogP contribution in [-0.2, 0) is 19.1 Å². The van der Waals surface area contributed by atoms with Gasteiger partial charge in [0, 0.05) is 6.92 Å². The van der Waals surface area contributed by atoms with E-state index in [0.717, 1.165) is 11.1 Å². The molecule has 0 saturated heterocycles. The summed E-state index contributed by atoms with van der Waals surface area (Å²) in [5.74, 6) is -1.09. The third-order valence-corrected chi connectivity index (χ3v) is 3.26. The molecule has 0 saturated carbocycles. The van der Waals surface area contributed by atoms with E-state index in [1.807, 2.05) is 12.1 Å². The molecule has 0 heterocycles. The molecule has 0 amide bonds. The lowest BCUT2D eigenvalue weighted by molar-refractivity contribution is -0.151. The quantitative estimate of drug-likeness (QED) is 0.583. The minimum Gasteiger partial charge on any atom is -0.460 e. The molecule has 136 valence electrons. The van der Waals surface area contributed by atoms with Crippen molar-refractivity contribution in [3.63, 3.8) is 0 Å².